The van der Waals surface area contributed by atoms with Crippen LogP contribution in [0.15, 0.2) is 46.2 Å². The smallest absolute Gasteiger partial charge is 0.338 e. The Labute approximate surface area is 139 Å². The number of non-ortho nitro benzene ring substituents is 1. The first kappa shape index (κ1) is 16.3. The fourth-order valence-corrected chi connectivity index (χ4v) is 4.07. The summed E-state index contributed by atoms with van der Waals surface area (Å²) in [7, 11) is -1.61. The second kappa shape index (κ2) is 6.50. The van der Waals surface area contributed by atoms with E-state index in [-0.39, 0.29) is 29.4 Å². The van der Waals surface area contributed by atoms with Gasteiger partial charge >= 0.3 is 5.97 Å². The van der Waals surface area contributed by atoms with E-state index >= 15 is 0 Å². The van der Waals surface area contributed by atoms with Crippen molar-refractivity contribution in [2.24, 2.45) is 0 Å². The topological polar surface area (TPSA) is 107 Å². The van der Waals surface area contributed by atoms with Crippen molar-refractivity contribution in [1.29, 1.82) is 0 Å². The first-order valence-corrected chi connectivity index (χ1v) is 8.27. The maximum absolute atomic E-state index is 12.8. The Morgan fingerprint density at radius 2 is 2.04 bits per heavy atom. The number of nitro groups is 1. The maximum atomic E-state index is 12.8. The third-order valence-corrected chi connectivity index (χ3v) is 5.25. The van der Waals surface area contributed by atoms with Crippen molar-refractivity contribution in [3.8, 4) is 0 Å². The number of nitro benzene ring substituents is 1. The number of carbonyl (C=O) groups excluding carboxylic acids is 1. The lowest BCUT2D eigenvalue weighted by molar-refractivity contribution is -0.385. The molecule has 3 rings (SSSR count). The van der Waals surface area contributed by atoms with Gasteiger partial charge in [0.05, 0.1) is 32.8 Å². The van der Waals surface area contributed by atoms with Crippen LogP contribution in [0, 0.1) is 10.1 Å². The largest absolute Gasteiger partial charge is 0.460 e. The third kappa shape index (κ3) is 2.81. The highest BCUT2D eigenvalue weighted by atomic mass is 32.2. The van der Waals surface area contributed by atoms with E-state index < -0.39 is 21.7 Å². The lowest BCUT2D eigenvalue weighted by Crippen LogP contribution is -2.17. The van der Waals surface area contributed by atoms with Crippen LogP contribution in [0.5, 0.6) is 0 Å². The van der Waals surface area contributed by atoms with Gasteiger partial charge in [-0.1, -0.05) is 18.2 Å². The van der Waals surface area contributed by atoms with Gasteiger partial charge in [-0.15, -0.1) is 0 Å². The van der Waals surface area contributed by atoms with E-state index in [2.05, 4.69) is 0 Å². The lowest BCUT2D eigenvalue weighted by atomic mass is 9.98. The van der Waals surface area contributed by atoms with Gasteiger partial charge in [-0.3, -0.25) is 10.1 Å². The predicted molar refractivity (Wildman–Crippen MR) is 84.4 cm³/mol. The molecule has 1 N–H and O–H groups in total. The van der Waals surface area contributed by atoms with E-state index in [9.17, 15) is 19.1 Å². The molecular weight excluding hydrogens is 334 g/mol. The summed E-state index contributed by atoms with van der Waals surface area (Å²) in [4.78, 5) is 23.6. The first-order valence-electron chi connectivity index (χ1n) is 7.12. The average Bonchev–Trinajstić information content (AvgIpc) is 2.59. The molecule has 0 fully saturated rings. The summed E-state index contributed by atoms with van der Waals surface area (Å²) in [6, 6.07) is 9.43. The second-order valence-corrected chi connectivity index (χ2v) is 6.56. The molecule has 0 bridgehead atoms. The minimum atomic E-state index is -1.61. The molecule has 1 aliphatic rings. The maximum Gasteiger partial charge on any atom is 0.338 e. The number of fused-ring (bicyclic) bond motifs is 2. The Morgan fingerprint density at radius 1 is 1.29 bits per heavy atom. The molecule has 0 radical (unpaired) electrons. The molecule has 1 aliphatic heterocycles. The molecule has 0 spiro atoms. The molecule has 0 saturated heterocycles. The highest BCUT2D eigenvalue weighted by Gasteiger charge is 2.30. The molecule has 1 heterocycles. The van der Waals surface area contributed by atoms with Crippen molar-refractivity contribution in [1.82, 2.24) is 0 Å². The van der Waals surface area contributed by atoms with E-state index in [0.717, 1.165) is 11.6 Å². The molecule has 0 aliphatic carbocycles. The van der Waals surface area contributed by atoms with Crippen LogP contribution in [0.2, 0.25) is 0 Å². The van der Waals surface area contributed by atoms with Crippen molar-refractivity contribution in [2.75, 3.05) is 13.2 Å². The van der Waals surface area contributed by atoms with Gasteiger partial charge in [0, 0.05) is 23.4 Å². The van der Waals surface area contributed by atoms with E-state index in [1.54, 1.807) is 24.3 Å². The van der Waals surface area contributed by atoms with E-state index in [1.165, 1.54) is 6.07 Å². The summed E-state index contributed by atoms with van der Waals surface area (Å²) >= 11 is 0. The lowest BCUT2D eigenvalue weighted by Gasteiger charge is -2.21. The van der Waals surface area contributed by atoms with Gasteiger partial charge < -0.3 is 9.84 Å². The van der Waals surface area contributed by atoms with Crippen LogP contribution in [-0.4, -0.2) is 33.4 Å². The molecule has 0 amide bonds. The number of rotatable bonds is 4. The van der Waals surface area contributed by atoms with E-state index in [0.29, 0.717) is 16.9 Å². The van der Waals surface area contributed by atoms with Gasteiger partial charge in [0.15, 0.2) is 0 Å². The van der Waals surface area contributed by atoms with Gasteiger partial charge in [0.2, 0.25) is 0 Å². The number of aliphatic hydroxyl groups is 1. The predicted octanol–water partition coefficient (Wildman–Crippen LogP) is 1.81. The van der Waals surface area contributed by atoms with Gasteiger partial charge in [0.1, 0.15) is 6.61 Å². The zero-order chi connectivity index (χ0) is 17.3. The molecular formula is C16H13NO6S. The minimum Gasteiger partial charge on any atom is -0.460 e. The third-order valence-electron chi connectivity index (χ3n) is 3.69. The Hall–Kier alpha value is -2.58. The zero-order valence-corrected chi connectivity index (χ0v) is 13.2. The number of ether oxygens (including phenoxy) is 1. The van der Waals surface area contributed by atoms with Gasteiger partial charge in [-0.05, 0) is 17.2 Å². The van der Waals surface area contributed by atoms with E-state index in [4.69, 9.17) is 9.84 Å². The van der Waals surface area contributed by atoms with E-state index in [1.807, 2.05) is 0 Å². The molecule has 2 aromatic carbocycles. The fourth-order valence-electron chi connectivity index (χ4n) is 2.62. The van der Waals surface area contributed by atoms with Crippen molar-refractivity contribution < 1.29 is 23.8 Å². The summed E-state index contributed by atoms with van der Waals surface area (Å²) in [5.74, 6) is -0.777. The number of aliphatic hydroxyl groups excluding tert-OH is 1. The summed E-state index contributed by atoms with van der Waals surface area (Å²) in [6.07, 6.45) is 0.332. The van der Waals surface area contributed by atoms with Crippen LogP contribution in [0.1, 0.15) is 21.5 Å². The number of benzene rings is 2. The van der Waals surface area contributed by atoms with Crippen molar-refractivity contribution in [3.05, 3.63) is 63.2 Å². The monoisotopic (exact) mass is 347 g/mol. The van der Waals surface area contributed by atoms with Crippen molar-refractivity contribution in [2.45, 2.75) is 16.2 Å². The van der Waals surface area contributed by atoms with Crippen LogP contribution < -0.4 is 0 Å². The Kier molecular flexibility index (Phi) is 4.41. The Balaban J connectivity index is 2.16. The highest BCUT2D eigenvalue weighted by Crippen LogP contribution is 2.36. The minimum absolute atomic E-state index is 0.00973. The van der Waals surface area contributed by atoms with Crippen LogP contribution >= 0.6 is 0 Å². The van der Waals surface area contributed by atoms with Crippen molar-refractivity contribution in [3.63, 3.8) is 0 Å². The molecule has 1 atom stereocenters. The number of hydrogen-bond acceptors (Lipinski definition) is 6. The normalized spacial score (nSPS) is 15.3. The molecule has 7 nitrogen and oxygen atoms in total. The standard InChI is InChI=1S/C16H13NO6S/c18-5-6-23-16(19)13-8-11(17(20)21)9-15-12(13)7-10-3-1-2-4-14(10)24(15)22/h1-4,8-9,18H,5-7H2. The van der Waals surface area contributed by atoms with Crippen LogP contribution in [0.4, 0.5) is 5.69 Å². The SMILES string of the molecule is O=C(OCCO)c1cc([N+](=O)[O-])cc2c1Cc1ccccc1S2=O. The summed E-state index contributed by atoms with van der Waals surface area (Å²) in [5, 5.41) is 19.9. The molecule has 0 aromatic heterocycles. The average molecular weight is 347 g/mol. The van der Waals surface area contributed by atoms with Gasteiger partial charge in [0.25, 0.3) is 5.69 Å². The van der Waals surface area contributed by atoms with Crippen LogP contribution in [0.3, 0.4) is 0 Å². The number of nitrogens with zero attached hydrogens (tertiary/aromatic N) is 1. The molecule has 24 heavy (non-hydrogen) atoms. The zero-order valence-electron chi connectivity index (χ0n) is 12.4. The second-order valence-electron chi connectivity index (χ2n) is 5.14. The molecule has 8 heteroatoms. The quantitative estimate of drug-likeness (QED) is 0.438. The summed E-state index contributed by atoms with van der Waals surface area (Å²) in [5.41, 5.74) is 0.946. The van der Waals surface area contributed by atoms with Crippen LogP contribution in [-0.2, 0) is 22.0 Å². The molecule has 1 unspecified atom stereocenters. The first-order chi connectivity index (χ1) is 11.5. The summed E-state index contributed by atoms with van der Waals surface area (Å²) < 4.78 is 17.7. The summed E-state index contributed by atoms with van der Waals surface area (Å²) in [6.45, 7) is -0.562. The van der Waals surface area contributed by atoms with Crippen LogP contribution in [0.25, 0.3) is 0 Å². The molecule has 2 aromatic rings. The number of hydrogen-bond donors (Lipinski definition) is 1. The number of esters is 1. The van der Waals surface area contributed by atoms with Crippen molar-refractivity contribution >= 4 is 22.5 Å². The van der Waals surface area contributed by atoms with Gasteiger partial charge in [-0.2, -0.15) is 0 Å². The molecule has 124 valence electrons. The highest BCUT2D eigenvalue weighted by molar-refractivity contribution is 7.85. The molecule has 0 saturated carbocycles. The fraction of sp³-hybridized carbons (Fsp3) is 0.188. The Morgan fingerprint density at radius 3 is 2.75 bits per heavy atom. The Bertz CT molecular complexity index is 864. The van der Waals surface area contributed by atoms with Gasteiger partial charge in [-0.25, -0.2) is 9.00 Å². The number of carbonyl (C=O) groups is 1.